The topological polar surface area (TPSA) is 46.5 Å². The summed E-state index contributed by atoms with van der Waals surface area (Å²) in [5, 5.41) is 4.76. The van der Waals surface area contributed by atoms with Gasteiger partial charge in [0.15, 0.2) is 0 Å². The maximum atomic E-state index is 13.2. The van der Waals surface area contributed by atoms with Crippen LogP contribution in [0.25, 0.3) is 10.9 Å². The number of benzene rings is 2. The fraction of sp³-hybridized carbons (Fsp3) is 0.400. The average molecular weight is 440 g/mol. The number of fused-ring (bicyclic) bond motifs is 1. The van der Waals surface area contributed by atoms with Crippen LogP contribution in [-0.2, 0) is 6.54 Å². The van der Waals surface area contributed by atoms with Gasteiger partial charge < -0.3 is 19.5 Å². The lowest BCUT2D eigenvalue weighted by atomic mass is 10.1. The number of nitrogens with zero attached hydrogens (tertiary/aromatic N) is 2. The van der Waals surface area contributed by atoms with E-state index in [0.717, 1.165) is 41.9 Å². The first-order valence-corrected chi connectivity index (χ1v) is 11.5. The Hall–Kier alpha value is -2.50. The summed E-state index contributed by atoms with van der Waals surface area (Å²) in [7, 11) is 0. The lowest BCUT2D eigenvalue weighted by Gasteiger charge is -2.26. The van der Waals surface area contributed by atoms with Gasteiger partial charge in [-0.2, -0.15) is 0 Å². The van der Waals surface area contributed by atoms with Gasteiger partial charge >= 0.3 is 0 Å². The molecule has 5 nitrogen and oxygen atoms in total. The molecule has 1 amide bonds. The van der Waals surface area contributed by atoms with Crippen LogP contribution < -0.4 is 10.1 Å². The predicted octanol–water partition coefficient (Wildman–Crippen LogP) is 4.96. The molecule has 1 fully saturated rings. The van der Waals surface area contributed by atoms with E-state index in [1.165, 1.54) is 19.3 Å². The van der Waals surface area contributed by atoms with E-state index in [9.17, 15) is 4.79 Å². The standard InChI is InChI=1S/C25H30ClN3O2/c1-2-31-24-12-8-11-22-20(24)17-23(29(22)18-19-9-4-5-10-21(19)26)25(30)27-13-16-28-14-6-3-7-15-28/h4-5,8-12,17H,2-3,6-7,13-16,18H2,1H3,(H,27,30). The number of nitrogens with one attached hydrogen (secondary N) is 1. The van der Waals surface area contributed by atoms with E-state index in [2.05, 4.69) is 10.2 Å². The van der Waals surface area contributed by atoms with Crippen LogP contribution in [0, 0.1) is 0 Å². The highest BCUT2D eigenvalue weighted by atomic mass is 35.5. The second-order valence-electron chi connectivity index (χ2n) is 7.99. The van der Waals surface area contributed by atoms with Crippen molar-refractivity contribution in [1.82, 2.24) is 14.8 Å². The van der Waals surface area contributed by atoms with Crippen LogP contribution in [-0.4, -0.2) is 48.2 Å². The lowest BCUT2D eigenvalue weighted by Crippen LogP contribution is -2.38. The minimum atomic E-state index is -0.0669. The second-order valence-corrected chi connectivity index (χ2v) is 8.39. The van der Waals surface area contributed by atoms with Crippen LogP contribution in [0.15, 0.2) is 48.5 Å². The molecular weight excluding hydrogens is 410 g/mol. The van der Waals surface area contributed by atoms with Gasteiger partial charge in [0, 0.05) is 30.0 Å². The first-order valence-electron chi connectivity index (χ1n) is 11.2. The third kappa shape index (κ3) is 5.05. The molecule has 0 saturated carbocycles. The highest BCUT2D eigenvalue weighted by Crippen LogP contribution is 2.30. The first kappa shape index (κ1) is 21.7. The minimum Gasteiger partial charge on any atom is -0.493 e. The molecule has 1 aliphatic heterocycles. The van der Waals surface area contributed by atoms with Gasteiger partial charge in [-0.1, -0.05) is 42.3 Å². The number of halogens is 1. The number of carbonyl (C=O) groups excluding carboxylic acids is 1. The van der Waals surface area contributed by atoms with Crippen molar-refractivity contribution in [3.63, 3.8) is 0 Å². The first-order chi connectivity index (χ1) is 15.2. The maximum absolute atomic E-state index is 13.2. The number of piperidine rings is 1. The Morgan fingerprint density at radius 3 is 2.68 bits per heavy atom. The van der Waals surface area contributed by atoms with E-state index in [4.69, 9.17) is 16.3 Å². The maximum Gasteiger partial charge on any atom is 0.268 e. The van der Waals surface area contributed by atoms with Gasteiger partial charge in [0.2, 0.25) is 0 Å². The van der Waals surface area contributed by atoms with Crippen LogP contribution >= 0.6 is 11.6 Å². The normalized spacial score (nSPS) is 14.6. The van der Waals surface area contributed by atoms with Crippen molar-refractivity contribution in [1.29, 1.82) is 0 Å². The molecule has 1 aliphatic rings. The summed E-state index contributed by atoms with van der Waals surface area (Å²) < 4.78 is 7.86. The summed E-state index contributed by atoms with van der Waals surface area (Å²) in [6.45, 7) is 6.85. The fourth-order valence-electron chi connectivity index (χ4n) is 4.30. The van der Waals surface area contributed by atoms with Gasteiger partial charge in [0.1, 0.15) is 11.4 Å². The van der Waals surface area contributed by atoms with E-state index in [-0.39, 0.29) is 5.91 Å². The monoisotopic (exact) mass is 439 g/mol. The molecule has 1 N–H and O–H groups in total. The number of ether oxygens (including phenoxy) is 1. The van der Waals surface area contributed by atoms with Crippen molar-refractivity contribution in [2.24, 2.45) is 0 Å². The summed E-state index contributed by atoms with van der Waals surface area (Å²) in [5.74, 6) is 0.725. The molecule has 1 saturated heterocycles. The van der Waals surface area contributed by atoms with Crippen LogP contribution in [0.4, 0.5) is 0 Å². The quantitative estimate of drug-likeness (QED) is 0.539. The second kappa shape index (κ2) is 10.2. The fourth-order valence-corrected chi connectivity index (χ4v) is 4.49. The molecular formula is C25H30ClN3O2. The highest BCUT2D eigenvalue weighted by molar-refractivity contribution is 6.31. The molecule has 0 atom stereocenters. The zero-order valence-corrected chi connectivity index (χ0v) is 18.8. The molecule has 4 rings (SSSR count). The number of amides is 1. The third-order valence-corrected chi connectivity index (χ3v) is 6.26. The summed E-state index contributed by atoms with van der Waals surface area (Å²) >= 11 is 6.43. The van der Waals surface area contributed by atoms with Gasteiger partial charge in [0.05, 0.1) is 12.1 Å². The molecule has 0 spiro atoms. The molecule has 0 unspecified atom stereocenters. The van der Waals surface area contributed by atoms with Crippen molar-refractivity contribution in [2.45, 2.75) is 32.7 Å². The zero-order valence-electron chi connectivity index (χ0n) is 18.1. The van der Waals surface area contributed by atoms with Crippen LogP contribution in [0.2, 0.25) is 5.02 Å². The molecule has 3 aromatic rings. The SMILES string of the molecule is CCOc1cccc2c1cc(C(=O)NCCN1CCCCC1)n2Cc1ccccc1Cl. The molecule has 2 heterocycles. The van der Waals surface area contributed by atoms with Gasteiger partial charge in [-0.15, -0.1) is 0 Å². The molecule has 1 aromatic heterocycles. The largest absolute Gasteiger partial charge is 0.493 e. The van der Waals surface area contributed by atoms with Gasteiger partial charge in [-0.3, -0.25) is 4.79 Å². The zero-order chi connectivity index (χ0) is 21.6. The smallest absolute Gasteiger partial charge is 0.268 e. The molecule has 0 radical (unpaired) electrons. The van der Waals surface area contributed by atoms with E-state index < -0.39 is 0 Å². The number of likely N-dealkylation sites (tertiary alicyclic amines) is 1. The van der Waals surface area contributed by atoms with Crippen molar-refractivity contribution in [3.05, 3.63) is 64.8 Å². The number of aromatic nitrogens is 1. The Kier molecular flexibility index (Phi) is 7.15. The lowest BCUT2D eigenvalue weighted by molar-refractivity contribution is 0.0938. The number of hydrogen-bond donors (Lipinski definition) is 1. The van der Waals surface area contributed by atoms with Gasteiger partial charge in [0.25, 0.3) is 5.91 Å². The molecule has 0 aliphatic carbocycles. The van der Waals surface area contributed by atoms with Crippen molar-refractivity contribution < 1.29 is 9.53 Å². The minimum absolute atomic E-state index is 0.0669. The predicted molar refractivity (Wildman–Crippen MR) is 126 cm³/mol. The number of rotatable bonds is 8. The Labute approximate surface area is 188 Å². The molecule has 164 valence electrons. The van der Waals surface area contributed by atoms with Gasteiger partial charge in [-0.05, 0) is 62.7 Å². The van der Waals surface area contributed by atoms with Crippen molar-refractivity contribution in [3.8, 4) is 5.75 Å². The molecule has 6 heteroatoms. The summed E-state index contributed by atoms with van der Waals surface area (Å²) in [6.07, 6.45) is 3.81. The molecule has 2 aromatic carbocycles. The third-order valence-electron chi connectivity index (χ3n) is 5.89. The number of hydrogen-bond acceptors (Lipinski definition) is 3. The van der Waals surface area contributed by atoms with Crippen LogP contribution in [0.3, 0.4) is 0 Å². The summed E-state index contributed by atoms with van der Waals surface area (Å²) in [4.78, 5) is 15.6. The van der Waals surface area contributed by atoms with E-state index >= 15 is 0 Å². The molecule has 31 heavy (non-hydrogen) atoms. The Balaban J connectivity index is 1.61. The molecule has 0 bridgehead atoms. The van der Waals surface area contributed by atoms with Crippen molar-refractivity contribution >= 4 is 28.4 Å². The summed E-state index contributed by atoms with van der Waals surface area (Å²) in [6, 6.07) is 15.6. The Morgan fingerprint density at radius 2 is 1.90 bits per heavy atom. The number of carbonyl (C=O) groups is 1. The highest BCUT2D eigenvalue weighted by Gasteiger charge is 2.19. The van der Waals surface area contributed by atoms with Crippen LogP contribution in [0.1, 0.15) is 42.2 Å². The Morgan fingerprint density at radius 1 is 1.10 bits per heavy atom. The van der Waals surface area contributed by atoms with E-state index in [1.807, 2.05) is 60.0 Å². The van der Waals surface area contributed by atoms with E-state index in [0.29, 0.717) is 30.4 Å². The van der Waals surface area contributed by atoms with Crippen LogP contribution in [0.5, 0.6) is 5.75 Å². The van der Waals surface area contributed by atoms with Crippen molar-refractivity contribution in [2.75, 3.05) is 32.8 Å². The summed E-state index contributed by atoms with van der Waals surface area (Å²) in [5.41, 5.74) is 2.57. The average Bonchev–Trinajstić information content (AvgIpc) is 3.16. The Bertz CT molecular complexity index is 1040. The van der Waals surface area contributed by atoms with E-state index in [1.54, 1.807) is 0 Å². The van der Waals surface area contributed by atoms with Gasteiger partial charge in [-0.25, -0.2) is 0 Å².